The highest BCUT2D eigenvalue weighted by Crippen LogP contribution is 2.47. The monoisotopic (exact) mass is 428 g/mol. The molecule has 10 heteroatoms. The number of sulfonamides is 1. The maximum Gasteiger partial charge on any atom is 0.241 e. The number of fused-ring (bicyclic) bond motifs is 4. The van der Waals surface area contributed by atoms with Crippen molar-refractivity contribution in [2.75, 3.05) is 5.73 Å². The summed E-state index contributed by atoms with van der Waals surface area (Å²) in [4.78, 5) is 8.42. The minimum atomic E-state index is -3.74. The number of benzene rings is 1. The van der Waals surface area contributed by atoms with E-state index in [1.807, 2.05) is 6.92 Å². The number of nitrogen functional groups attached to an aromatic ring is 1. The quantitative estimate of drug-likeness (QED) is 0.576. The number of hydrogen-bond acceptors (Lipinski definition) is 7. The van der Waals surface area contributed by atoms with E-state index in [2.05, 4.69) is 19.8 Å². The van der Waals surface area contributed by atoms with Crippen molar-refractivity contribution in [3.8, 4) is 11.3 Å². The molecular formula is C20H24N6O3S. The van der Waals surface area contributed by atoms with Gasteiger partial charge in [-0.2, -0.15) is 5.10 Å². The fourth-order valence-electron chi connectivity index (χ4n) is 4.73. The minimum absolute atomic E-state index is 0.195. The molecule has 6 rings (SSSR count). The van der Waals surface area contributed by atoms with E-state index in [4.69, 9.17) is 5.73 Å². The summed E-state index contributed by atoms with van der Waals surface area (Å²) in [5, 5.41) is 14.6. The zero-order chi connectivity index (χ0) is 21.1. The average molecular weight is 429 g/mol. The van der Waals surface area contributed by atoms with Gasteiger partial charge in [0.15, 0.2) is 11.5 Å². The molecule has 3 fully saturated rings. The molecule has 1 aromatic carbocycles. The van der Waals surface area contributed by atoms with Crippen LogP contribution < -0.4 is 10.5 Å². The molecule has 158 valence electrons. The molecule has 0 atom stereocenters. The molecule has 3 aliphatic rings. The van der Waals surface area contributed by atoms with Crippen molar-refractivity contribution < 1.29 is 13.5 Å². The lowest BCUT2D eigenvalue weighted by atomic mass is 9.64. The number of aliphatic hydroxyl groups is 1. The Morgan fingerprint density at radius 2 is 1.83 bits per heavy atom. The van der Waals surface area contributed by atoms with E-state index >= 15 is 0 Å². The lowest BCUT2D eigenvalue weighted by Crippen LogP contribution is -2.58. The van der Waals surface area contributed by atoms with Crippen molar-refractivity contribution in [3.63, 3.8) is 0 Å². The van der Waals surface area contributed by atoms with Gasteiger partial charge in [-0.05, 0) is 63.1 Å². The Bertz CT molecular complexity index is 1230. The van der Waals surface area contributed by atoms with Crippen LogP contribution in [0.1, 0.15) is 44.1 Å². The van der Waals surface area contributed by atoms with Crippen LogP contribution in [0.4, 0.5) is 5.82 Å². The number of hydrogen-bond donors (Lipinski definition) is 3. The van der Waals surface area contributed by atoms with E-state index in [9.17, 15) is 13.5 Å². The Labute approximate surface area is 174 Å². The van der Waals surface area contributed by atoms with E-state index in [0.29, 0.717) is 55.4 Å². The van der Waals surface area contributed by atoms with Crippen LogP contribution in [-0.4, -0.2) is 44.2 Å². The molecule has 2 aromatic heterocycles. The number of aryl methyl sites for hydroxylation is 1. The van der Waals surface area contributed by atoms with E-state index in [1.54, 1.807) is 28.9 Å². The first kappa shape index (κ1) is 19.4. The molecule has 0 aliphatic heterocycles. The van der Waals surface area contributed by atoms with Crippen molar-refractivity contribution in [3.05, 3.63) is 36.3 Å². The van der Waals surface area contributed by atoms with Crippen molar-refractivity contribution in [1.29, 1.82) is 0 Å². The average Bonchev–Trinajstić information content (AvgIpc) is 3.14. The highest BCUT2D eigenvalue weighted by Gasteiger charge is 2.49. The smallest absolute Gasteiger partial charge is 0.241 e. The summed E-state index contributed by atoms with van der Waals surface area (Å²) in [6.07, 6.45) is 6.85. The molecular weight excluding hydrogens is 404 g/mol. The number of imidazole rings is 1. The zero-order valence-electron chi connectivity index (χ0n) is 16.7. The second-order valence-corrected chi connectivity index (χ2v) is 10.3. The van der Waals surface area contributed by atoms with Gasteiger partial charge < -0.3 is 10.8 Å². The lowest BCUT2D eigenvalue weighted by molar-refractivity contribution is -0.0670. The first-order valence-electron chi connectivity index (χ1n) is 10.0. The van der Waals surface area contributed by atoms with E-state index < -0.39 is 21.2 Å². The normalized spacial score (nSPS) is 26.3. The topological polar surface area (TPSA) is 136 Å². The highest BCUT2D eigenvalue weighted by atomic mass is 32.2. The number of nitrogens with two attached hydrogens (primary N) is 1. The summed E-state index contributed by atoms with van der Waals surface area (Å²) in [6, 6.07) is 5.05. The third kappa shape index (κ3) is 3.06. The van der Waals surface area contributed by atoms with Crippen molar-refractivity contribution >= 4 is 21.5 Å². The third-order valence-corrected chi connectivity index (χ3v) is 8.26. The number of nitrogens with one attached hydrogen (secondary N) is 1. The van der Waals surface area contributed by atoms with Crippen LogP contribution in [0.15, 0.2) is 35.6 Å². The van der Waals surface area contributed by atoms with Crippen molar-refractivity contribution in [1.82, 2.24) is 24.3 Å². The fourth-order valence-corrected chi connectivity index (χ4v) is 6.24. The van der Waals surface area contributed by atoms with Crippen molar-refractivity contribution in [2.45, 2.75) is 61.5 Å². The molecule has 0 amide bonds. The van der Waals surface area contributed by atoms with Gasteiger partial charge in [-0.3, -0.25) is 0 Å². The molecule has 30 heavy (non-hydrogen) atoms. The molecule has 0 spiro atoms. The van der Waals surface area contributed by atoms with Crippen LogP contribution in [0, 0.1) is 6.92 Å². The summed E-state index contributed by atoms with van der Waals surface area (Å²) in [6.45, 7) is 1.91. The van der Waals surface area contributed by atoms with Gasteiger partial charge in [-0.1, -0.05) is 6.07 Å². The standard InChI is InChI=1S/C20H24N6O3S/c1-13-2-3-14(10-15(13)16-11-22-18-17(21)23-12-24-26(16)18)30(28,29)25-19-4-7-20(27,8-5-19)9-6-19/h2-3,10-12,25,27H,4-9H2,1H3,(H2,21,23,24). The maximum absolute atomic E-state index is 13.3. The van der Waals surface area contributed by atoms with E-state index in [-0.39, 0.29) is 10.7 Å². The Hall–Kier alpha value is -2.56. The molecule has 4 N–H and O–H groups in total. The van der Waals surface area contributed by atoms with Gasteiger partial charge in [-0.25, -0.2) is 27.6 Å². The molecule has 0 saturated heterocycles. The van der Waals surface area contributed by atoms with Crippen molar-refractivity contribution in [2.24, 2.45) is 0 Å². The molecule has 3 aliphatic carbocycles. The second-order valence-electron chi connectivity index (χ2n) is 8.61. The SMILES string of the molecule is Cc1ccc(S(=O)(=O)NC23CCC(O)(CC2)CC3)cc1-c1cnc2c(N)ncnn12. The van der Waals surface area contributed by atoms with Gasteiger partial charge in [0.1, 0.15) is 6.33 Å². The van der Waals surface area contributed by atoms with Crippen LogP contribution in [0.2, 0.25) is 0 Å². The number of anilines is 1. The van der Waals surface area contributed by atoms with Gasteiger partial charge in [0.2, 0.25) is 10.0 Å². The Morgan fingerprint density at radius 3 is 2.53 bits per heavy atom. The maximum atomic E-state index is 13.3. The summed E-state index contributed by atoms with van der Waals surface area (Å²) in [7, 11) is -3.74. The molecule has 2 heterocycles. The van der Waals surface area contributed by atoms with Gasteiger partial charge >= 0.3 is 0 Å². The molecule has 3 aromatic rings. The number of aromatic nitrogens is 4. The van der Waals surface area contributed by atoms with Crippen LogP contribution >= 0.6 is 0 Å². The van der Waals surface area contributed by atoms with Gasteiger partial charge in [0.25, 0.3) is 0 Å². The number of nitrogens with zero attached hydrogens (tertiary/aromatic N) is 4. The molecule has 0 radical (unpaired) electrons. The molecule has 9 nitrogen and oxygen atoms in total. The van der Waals surface area contributed by atoms with Crippen LogP contribution in [0.25, 0.3) is 16.9 Å². The summed E-state index contributed by atoms with van der Waals surface area (Å²) >= 11 is 0. The largest absolute Gasteiger partial charge is 0.390 e. The Morgan fingerprint density at radius 1 is 1.13 bits per heavy atom. The minimum Gasteiger partial charge on any atom is -0.390 e. The van der Waals surface area contributed by atoms with Crippen LogP contribution in [0.5, 0.6) is 0 Å². The third-order valence-electron chi connectivity index (χ3n) is 6.68. The van der Waals surface area contributed by atoms with Gasteiger partial charge in [0.05, 0.1) is 22.4 Å². The van der Waals surface area contributed by atoms with Gasteiger partial charge in [-0.15, -0.1) is 0 Å². The van der Waals surface area contributed by atoms with E-state index in [1.165, 1.54) is 6.33 Å². The Kier molecular flexibility index (Phi) is 4.18. The summed E-state index contributed by atoms with van der Waals surface area (Å²) in [5.74, 6) is 0.257. The van der Waals surface area contributed by atoms with E-state index in [0.717, 1.165) is 5.56 Å². The summed E-state index contributed by atoms with van der Waals surface area (Å²) < 4.78 is 31.1. The zero-order valence-corrected chi connectivity index (χ0v) is 17.5. The predicted molar refractivity (Wildman–Crippen MR) is 111 cm³/mol. The molecule has 0 unspecified atom stereocenters. The number of rotatable bonds is 4. The van der Waals surface area contributed by atoms with Crippen LogP contribution in [-0.2, 0) is 10.0 Å². The first-order chi connectivity index (χ1) is 14.2. The van der Waals surface area contributed by atoms with Gasteiger partial charge in [0, 0.05) is 11.1 Å². The second kappa shape index (κ2) is 6.47. The van der Waals surface area contributed by atoms with Crippen LogP contribution in [0.3, 0.4) is 0 Å². The Balaban J connectivity index is 1.52. The first-order valence-corrected chi connectivity index (χ1v) is 11.5. The highest BCUT2D eigenvalue weighted by molar-refractivity contribution is 7.89. The molecule has 3 saturated carbocycles. The fraction of sp³-hybridized carbons (Fsp3) is 0.450. The lowest BCUT2D eigenvalue weighted by Gasteiger charge is -2.50. The molecule has 2 bridgehead atoms. The summed E-state index contributed by atoms with van der Waals surface area (Å²) in [5.41, 5.74) is 7.46. The predicted octanol–water partition coefficient (Wildman–Crippen LogP) is 1.80.